The fraction of sp³-hybridized carbons (Fsp3) is 0.400. The van der Waals surface area contributed by atoms with E-state index in [-0.39, 0.29) is 5.82 Å². The van der Waals surface area contributed by atoms with Gasteiger partial charge in [-0.05, 0) is 24.5 Å². The molecule has 0 saturated heterocycles. The number of thioether (sulfide) groups is 1. The molecule has 0 amide bonds. The van der Waals surface area contributed by atoms with Crippen LogP contribution in [0.5, 0.6) is 0 Å². The molecule has 0 aliphatic heterocycles. The monoisotopic (exact) mass is 214 g/mol. The number of nitrogens with two attached hydrogens (primary N) is 1. The summed E-state index contributed by atoms with van der Waals surface area (Å²) in [6.45, 7) is 2.84. The number of benzene rings is 1. The highest BCUT2D eigenvalue weighted by molar-refractivity contribution is 7.99. The molecule has 4 heteroatoms. The van der Waals surface area contributed by atoms with Crippen LogP contribution in [0.4, 0.5) is 15.8 Å². The first-order valence-electron chi connectivity index (χ1n) is 4.45. The van der Waals surface area contributed by atoms with Crippen LogP contribution in [0.15, 0.2) is 18.2 Å². The van der Waals surface area contributed by atoms with Gasteiger partial charge in [-0.25, -0.2) is 4.39 Å². The van der Waals surface area contributed by atoms with Gasteiger partial charge in [-0.2, -0.15) is 11.8 Å². The van der Waals surface area contributed by atoms with Gasteiger partial charge in [0.15, 0.2) is 0 Å². The molecule has 0 bridgehead atoms. The fourth-order valence-electron chi connectivity index (χ4n) is 1.01. The zero-order valence-electron chi connectivity index (χ0n) is 8.38. The average molecular weight is 214 g/mol. The van der Waals surface area contributed by atoms with Crippen LogP contribution in [-0.4, -0.2) is 18.1 Å². The van der Waals surface area contributed by atoms with Crippen LogP contribution >= 0.6 is 11.8 Å². The first-order valence-corrected chi connectivity index (χ1v) is 5.74. The summed E-state index contributed by atoms with van der Waals surface area (Å²) in [5.41, 5.74) is 6.40. The third-order valence-corrected chi connectivity index (χ3v) is 2.95. The zero-order valence-corrected chi connectivity index (χ0v) is 9.20. The topological polar surface area (TPSA) is 38.0 Å². The van der Waals surface area contributed by atoms with Crippen molar-refractivity contribution in [2.24, 2.45) is 0 Å². The summed E-state index contributed by atoms with van der Waals surface area (Å²) in [6, 6.07) is 4.68. The van der Waals surface area contributed by atoms with Gasteiger partial charge in [0.1, 0.15) is 5.82 Å². The van der Waals surface area contributed by atoms with Crippen LogP contribution in [0.2, 0.25) is 0 Å². The predicted octanol–water partition coefficient (Wildman–Crippen LogP) is 2.57. The van der Waals surface area contributed by atoms with E-state index in [9.17, 15) is 4.39 Å². The molecule has 0 spiro atoms. The molecule has 1 atom stereocenters. The van der Waals surface area contributed by atoms with E-state index in [1.165, 1.54) is 6.07 Å². The quantitative estimate of drug-likeness (QED) is 0.756. The number of nitrogen functional groups attached to an aromatic ring is 1. The molecular formula is C10H15FN2S. The lowest BCUT2D eigenvalue weighted by molar-refractivity contribution is 0.631. The van der Waals surface area contributed by atoms with Crippen molar-refractivity contribution >= 4 is 23.1 Å². The average Bonchev–Trinajstić information content (AvgIpc) is 2.16. The van der Waals surface area contributed by atoms with Gasteiger partial charge in [-0.15, -0.1) is 0 Å². The van der Waals surface area contributed by atoms with Gasteiger partial charge in [0.25, 0.3) is 0 Å². The smallest absolute Gasteiger partial charge is 0.148 e. The minimum atomic E-state index is -0.293. The first kappa shape index (κ1) is 11.2. The van der Waals surface area contributed by atoms with Gasteiger partial charge in [0.05, 0.1) is 5.69 Å². The largest absolute Gasteiger partial charge is 0.399 e. The van der Waals surface area contributed by atoms with E-state index < -0.39 is 0 Å². The lowest BCUT2D eigenvalue weighted by atomic mass is 10.2. The molecule has 0 radical (unpaired) electrons. The Kier molecular flexibility index (Phi) is 4.07. The van der Waals surface area contributed by atoms with Gasteiger partial charge >= 0.3 is 0 Å². The standard InChI is InChI=1S/C10H15FN2S/c1-7(14-2)6-13-10-4-3-8(12)5-9(10)11/h3-5,7,13H,6,12H2,1-2H3. The molecule has 14 heavy (non-hydrogen) atoms. The van der Waals surface area contributed by atoms with Gasteiger partial charge in [-0.3, -0.25) is 0 Å². The van der Waals surface area contributed by atoms with Crippen LogP contribution in [0.25, 0.3) is 0 Å². The fourth-order valence-corrected chi connectivity index (χ4v) is 1.26. The molecule has 1 rings (SSSR count). The van der Waals surface area contributed by atoms with Crippen molar-refractivity contribution in [1.29, 1.82) is 0 Å². The van der Waals surface area contributed by atoms with Gasteiger partial charge in [0.2, 0.25) is 0 Å². The minimum absolute atomic E-state index is 0.293. The summed E-state index contributed by atoms with van der Waals surface area (Å²) in [5.74, 6) is -0.293. The summed E-state index contributed by atoms with van der Waals surface area (Å²) < 4.78 is 13.3. The Morgan fingerprint density at radius 2 is 2.29 bits per heavy atom. The van der Waals surface area contributed by atoms with Crippen molar-refractivity contribution in [1.82, 2.24) is 0 Å². The number of hydrogen-bond acceptors (Lipinski definition) is 3. The maximum Gasteiger partial charge on any atom is 0.148 e. The summed E-state index contributed by atoms with van der Waals surface area (Å²) in [6.07, 6.45) is 2.03. The number of halogens is 1. The molecule has 0 saturated carbocycles. The molecule has 1 aromatic rings. The van der Waals surface area contributed by atoms with Crippen molar-refractivity contribution in [2.45, 2.75) is 12.2 Å². The highest BCUT2D eigenvalue weighted by Crippen LogP contribution is 2.17. The van der Waals surface area contributed by atoms with Gasteiger partial charge in [0, 0.05) is 17.5 Å². The summed E-state index contributed by atoms with van der Waals surface area (Å²) in [4.78, 5) is 0. The Morgan fingerprint density at radius 3 is 2.86 bits per heavy atom. The van der Waals surface area contributed by atoms with Crippen molar-refractivity contribution < 1.29 is 4.39 Å². The molecule has 0 aliphatic carbocycles. The van der Waals surface area contributed by atoms with E-state index in [2.05, 4.69) is 12.2 Å². The number of hydrogen-bond donors (Lipinski definition) is 2. The summed E-state index contributed by atoms with van der Waals surface area (Å²) in [7, 11) is 0. The molecule has 2 nitrogen and oxygen atoms in total. The van der Waals surface area contributed by atoms with Crippen molar-refractivity contribution in [2.75, 3.05) is 23.9 Å². The van der Waals surface area contributed by atoms with Crippen LogP contribution in [-0.2, 0) is 0 Å². The molecule has 78 valence electrons. The van der Waals surface area contributed by atoms with Crippen LogP contribution in [0.1, 0.15) is 6.92 Å². The summed E-state index contributed by atoms with van der Waals surface area (Å²) in [5, 5.41) is 3.50. The lowest BCUT2D eigenvalue weighted by Crippen LogP contribution is -2.13. The molecular weight excluding hydrogens is 199 g/mol. The van der Waals surface area contributed by atoms with Crippen LogP contribution in [0.3, 0.4) is 0 Å². The molecule has 0 aliphatic rings. The third-order valence-electron chi connectivity index (χ3n) is 1.98. The molecule has 3 N–H and O–H groups in total. The van der Waals surface area contributed by atoms with Crippen molar-refractivity contribution in [3.8, 4) is 0 Å². The van der Waals surface area contributed by atoms with E-state index in [1.54, 1.807) is 23.9 Å². The Balaban J connectivity index is 2.59. The zero-order chi connectivity index (χ0) is 10.6. The lowest BCUT2D eigenvalue weighted by Gasteiger charge is -2.11. The van der Waals surface area contributed by atoms with Gasteiger partial charge in [-0.1, -0.05) is 6.92 Å². The van der Waals surface area contributed by atoms with Crippen molar-refractivity contribution in [3.05, 3.63) is 24.0 Å². The highest BCUT2D eigenvalue weighted by atomic mass is 32.2. The maximum atomic E-state index is 13.3. The van der Waals surface area contributed by atoms with E-state index in [0.717, 1.165) is 6.54 Å². The number of nitrogens with one attached hydrogen (secondary N) is 1. The predicted molar refractivity (Wildman–Crippen MR) is 62.3 cm³/mol. The molecule has 0 heterocycles. The Labute approximate surface area is 88.1 Å². The Hall–Kier alpha value is -0.900. The van der Waals surface area contributed by atoms with E-state index >= 15 is 0 Å². The van der Waals surface area contributed by atoms with Gasteiger partial charge < -0.3 is 11.1 Å². The van der Waals surface area contributed by atoms with Crippen molar-refractivity contribution in [3.63, 3.8) is 0 Å². The van der Waals surface area contributed by atoms with E-state index in [4.69, 9.17) is 5.73 Å². The van der Waals surface area contributed by atoms with E-state index in [1.807, 2.05) is 6.26 Å². The normalized spacial score (nSPS) is 12.5. The Bertz CT molecular complexity index is 304. The van der Waals surface area contributed by atoms with E-state index in [0.29, 0.717) is 16.6 Å². The second kappa shape index (κ2) is 5.10. The number of anilines is 2. The molecule has 1 unspecified atom stereocenters. The Morgan fingerprint density at radius 1 is 1.57 bits per heavy atom. The minimum Gasteiger partial charge on any atom is -0.399 e. The SMILES string of the molecule is CSC(C)CNc1ccc(N)cc1F. The molecule has 1 aromatic carbocycles. The second-order valence-corrected chi connectivity index (χ2v) is 4.44. The summed E-state index contributed by atoms with van der Waals surface area (Å²) >= 11 is 1.74. The van der Waals surface area contributed by atoms with Crippen LogP contribution in [0, 0.1) is 5.82 Å². The second-order valence-electron chi connectivity index (χ2n) is 3.17. The first-order chi connectivity index (χ1) is 6.63. The van der Waals surface area contributed by atoms with Crippen LogP contribution < -0.4 is 11.1 Å². The highest BCUT2D eigenvalue weighted by Gasteiger charge is 2.03. The maximum absolute atomic E-state index is 13.3. The molecule has 0 fully saturated rings. The number of rotatable bonds is 4. The molecule has 0 aromatic heterocycles. The third kappa shape index (κ3) is 3.10.